The highest BCUT2D eigenvalue weighted by molar-refractivity contribution is 5.92. The van der Waals surface area contributed by atoms with E-state index in [1.807, 2.05) is 37.3 Å². The number of nitrogens with one attached hydrogen (secondary N) is 2. The minimum atomic E-state index is -0.376. The summed E-state index contributed by atoms with van der Waals surface area (Å²) in [6, 6.07) is 11.8. The van der Waals surface area contributed by atoms with Crippen LogP contribution in [0.25, 0.3) is 11.0 Å². The first kappa shape index (κ1) is 13.1. The summed E-state index contributed by atoms with van der Waals surface area (Å²) in [4.78, 5) is 22.9. The normalized spacial score (nSPS) is 12.2. The first-order chi connectivity index (χ1) is 10.1. The number of carbonyl (C=O) groups excluding carboxylic acids is 1. The number of para-hydroxylation sites is 1. The molecule has 0 saturated carbocycles. The number of hydrogen-bond donors (Lipinski definition) is 2. The molecule has 1 unspecified atom stereocenters. The van der Waals surface area contributed by atoms with E-state index < -0.39 is 0 Å². The zero-order chi connectivity index (χ0) is 14.8. The second-order valence-corrected chi connectivity index (χ2v) is 4.69. The Kier molecular flexibility index (Phi) is 3.27. The fraction of sp³-hybridized carbons (Fsp3) is 0.133. The molecule has 0 spiro atoms. The fourth-order valence-corrected chi connectivity index (χ4v) is 2.03. The quantitative estimate of drug-likeness (QED) is 0.769. The largest absolute Gasteiger partial charge is 0.459 e. The van der Waals surface area contributed by atoms with Crippen molar-refractivity contribution >= 4 is 16.9 Å². The van der Waals surface area contributed by atoms with Crippen molar-refractivity contribution in [1.82, 2.24) is 15.5 Å². The van der Waals surface area contributed by atoms with Gasteiger partial charge in [-0.15, -0.1) is 0 Å². The van der Waals surface area contributed by atoms with E-state index in [0.29, 0.717) is 5.76 Å². The Balaban J connectivity index is 1.79. The molecular weight excluding hydrogens is 270 g/mol. The topological polar surface area (TPSA) is 88.0 Å². The maximum Gasteiger partial charge on any atom is 0.272 e. The summed E-state index contributed by atoms with van der Waals surface area (Å²) in [6.07, 6.45) is 0. The summed E-state index contributed by atoms with van der Waals surface area (Å²) in [7, 11) is 0. The highest BCUT2D eigenvalue weighted by atomic mass is 16.3. The van der Waals surface area contributed by atoms with Crippen LogP contribution in [0.5, 0.6) is 0 Å². The van der Waals surface area contributed by atoms with Crippen molar-refractivity contribution in [3.8, 4) is 0 Å². The molecule has 3 aromatic rings. The number of hydrogen-bond acceptors (Lipinski definition) is 4. The third-order valence-electron chi connectivity index (χ3n) is 3.13. The lowest BCUT2D eigenvalue weighted by Crippen LogP contribution is -2.28. The zero-order valence-corrected chi connectivity index (χ0v) is 11.3. The van der Waals surface area contributed by atoms with Gasteiger partial charge in [0.15, 0.2) is 0 Å². The molecule has 2 N–H and O–H groups in total. The lowest BCUT2D eigenvalue weighted by Gasteiger charge is -2.10. The van der Waals surface area contributed by atoms with E-state index in [0.717, 1.165) is 11.0 Å². The highest BCUT2D eigenvalue weighted by Crippen LogP contribution is 2.23. The maximum absolute atomic E-state index is 12.0. The van der Waals surface area contributed by atoms with E-state index >= 15 is 0 Å². The van der Waals surface area contributed by atoms with Crippen molar-refractivity contribution in [1.29, 1.82) is 0 Å². The monoisotopic (exact) mass is 283 g/mol. The molecule has 21 heavy (non-hydrogen) atoms. The van der Waals surface area contributed by atoms with Crippen molar-refractivity contribution in [3.05, 3.63) is 64.3 Å². The van der Waals surface area contributed by atoms with Crippen molar-refractivity contribution in [3.63, 3.8) is 0 Å². The molecule has 3 rings (SSSR count). The molecule has 6 nitrogen and oxygen atoms in total. The first-order valence-electron chi connectivity index (χ1n) is 6.48. The van der Waals surface area contributed by atoms with Gasteiger partial charge in [0.1, 0.15) is 17.0 Å². The molecular formula is C15H13N3O3. The van der Waals surface area contributed by atoms with Gasteiger partial charge < -0.3 is 9.73 Å². The Bertz CT molecular complexity index is 797. The minimum Gasteiger partial charge on any atom is -0.459 e. The predicted molar refractivity (Wildman–Crippen MR) is 77.0 cm³/mol. The molecule has 1 aromatic carbocycles. The average molecular weight is 283 g/mol. The molecule has 0 radical (unpaired) electrons. The van der Waals surface area contributed by atoms with E-state index in [1.165, 1.54) is 12.1 Å². The number of nitrogens with zero attached hydrogens (tertiary/aromatic N) is 1. The fourth-order valence-electron chi connectivity index (χ4n) is 2.03. The van der Waals surface area contributed by atoms with Gasteiger partial charge in [-0.1, -0.05) is 18.2 Å². The SMILES string of the molecule is CC(NC(=O)c1ccc(=O)[nH]n1)c1cc2ccccc2o1. The molecule has 6 heteroatoms. The van der Waals surface area contributed by atoms with Crippen molar-refractivity contribution < 1.29 is 9.21 Å². The van der Waals surface area contributed by atoms with Gasteiger partial charge in [-0.05, 0) is 25.1 Å². The van der Waals surface area contributed by atoms with Gasteiger partial charge in [0, 0.05) is 11.5 Å². The van der Waals surface area contributed by atoms with Crippen LogP contribution in [0.2, 0.25) is 0 Å². The number of rotatable bonds is 3. The van der Waals surface area contributed by atoms with E-state index in [9.17, 15) is 9.59 Å². The van der Waals surface area contributed by atoms with Gasteiger partial charge in [0.05, 0.1) is 6.04 Å². The number of benzene rings is 1. The van der Waals surface area contributed by atoms with Crippen LogP contribution < -0.4 is 10.9 Å². The predicted octanol–water partition coefficient (Wildman–Crippen LogP) is 2.01. The summed E-state index contributed by atoms with van der Waals surface area (Å²) in [6.45, 7) is 1.82. The van der Waals surface area contributed by atoms with Crippen molar-refractivity contribution in [2.75, 3.05) is 0 Å². The molecule has 2 aromatic heterocycles. The highest BCUT2D eigenvalue weighted by Gasteiger charge is 2.16. The molecule has 0 aliphatic heterocycles. The van der Waals surface area contributed by atoms with E-state index in [1.54, 1.807) is 0 Å². The van der Waals surface area contributed by atoms with E-state index in [2.05, 4.69) is 15.5 Å². The van der Waals surface area contributed by atoms with Gasteiger partial charge in [-0.3, -0.25) is 9.59 Å². The summed E-state index contributed by atoms with van der Waals surface area (Å²) in [5.41, 5.74) is 0.574. The molecule has 0 bridgehead atoms. The number of furan rings is 1. The van der Waals surface area contributed by atoms with Gasteiger partial charge in [0.25, 0.3) is 11.5 Å². The maximum atomic E-state index is 12.0. The number of fused-ring (bicyclic) bond motifs is 1. The van der Waals surface area contributed by atoms with Gasteiger partial charge in [-0.25, -0.2) is 5.10 Å². The Hall–Kier alpha value is -2.89. The average Bonchev–Trinajstić information content (AvgIpc) is 2.92. The second kappa shape index (κ2) is 5.24. The smallest absolute Gasteiger partial charge is 0.272 e. The van der Waals surface area contributed by atoms with Gasteiger partial charge in [-0.2, -0.15) is 5.10 Å². The minimum absolute atomic E-state index is 0.151. The Labute approximate surface area is 119 Å². The molecule has 1 atom stereocenters. The third kappa shape index (κ3) is 2.69. The lowest BCUT2D eigenvalue weighted by molar-refractivity contribution is 0.0929. The zero-order valence-electron chi connectivity index (χ0n) is 11.3. The standard InChI is InChI=1S/C15H13N3O3/c1-9(13-8-10-4-2-3-5-12(10)21-13)16-15(20)11-6-7-14(19)18-17-11/h2-9H,1H3,(H,16,20)(H,18,19). The van der Waals surface area contributed by atoms with Crippen molar-refractivity contribution in [2.24, 2.45) is 0 Å². The van der Waals surface area contributed by atoms with Crippen LogP contribution in [0.3, 0.4) is 0 Å². The Morgan fingerprint density at radius 3 is 2.81 bits per heavy atom. The van der Waals surface area contributed by atoms with Crippen LogP contribution in [-0.4, -0.2) is 16.1 Å². The first-order valence-corrected chi connectivity index (χ1v) is 6.48. The Morgan fingerprint density at radius 2 is 2.10 bits per heavy atom. The van der Waals surface area contributed by atoms with Crippen molar-refractivity contribution in [2.45, 2.75) is 13.0 Å². The van der Waals surface area contributed by atoms with Crippen LogP contribution in [0.4, 0.5) is 0 Å². The van der Waals surface area contributed by atoms with Crippen LogP contribution in [0, 0.1) is 0 Å². The van der Waals surface area contributed by atoms with E-state index in [4.69, 9.17) is 4.42 Å². The molecule has 2 heterocycles. The number of H-pyrrole nitrogens is 1. The molecule has 0 aliphatic carbocycles. The summed E-state index contributed by atoms with van der Waals surface area (Å²) >= 11 is 0. The van der Waals surface area contributed by atoms with Gasteiger partial charge >= 0.3 is 0 Å². The molecule has 0 fully saturated rings. The lowest BCUT2D eigenvalue weighted by atomic mass is 10.2. The summed E-state index contributed by atoms with van der Waals surface area (Å²) in [5, 5.41) is 9.67. The molecule has 106 valence electrons. The Morgan fingerprint density at radius 1 is 1.29 bits per heavy atom. The van der Waals surface area contributed by atoms with Gasteiger partial charge in [0.2, 0.25) is 0 Å². The number of carbonyl (C=O) groups is 1. The van der Waals surface area contributed by atoms with Crippen LogP contribution in [-0.2, 0) is 0 Å². The molecule has 0 aliphatic rings. The number of aromatic nitrogens is 2. The number of aromatic amines is 1. The van der Waals surface area contributed by atoms with Crippen LogP contribution in [0.15, 0.2) is 51.7 Å². The van der Waals surface area contributed by atoms with Crippen LogP contribution >= 0.6 is 0 Å². The summed E-state index contributed by atoms with van der Waals surface area (Å²) < 4.78 is 5.69. The summed E-state index contributed by atoms with van der Waals surface area (Å²) in [5.74, 6) is 0.285. The molecule has 0 saturated heterocycles. The van der Waals surface area contributed by atoms with E-state index in [-0.39, 0.29) is 23.2 Å². The second-order valence-electron chi connectivity index (χ2n) is 4.69. The van der Waals surface area contributed by atoms with Crippen LogP contribution in [0.1, 0.15) is 29.2 Å². The third-order valence-corrected chi connectivity index (χ3v) is 3.13. The molecule has 1 amide bonds. The number of amides is 1.